The molecule has 0 spiro atoms. The number of aryl methyl sites for hydroxylation is 1. The summed E-state index contributed by atoms with van der Waals surface area (Å²) in [6.07, 6.45) is 1.41. The molecule has 23 heavy (non-hydrogen) atoms. The Bertz CT molecular complexity index is 804. The first-order valence-electron chi connectivity index (χ1n) is 6.91. The number of nitrogens with one attached hydrogen (secondary N) is 1. The average molecular weight is 308 g/mol. The monoisotopic (exact) mass is 308 g/mol. The molecule has 0 aliphatic carbocycles. The number of anilines is 1. The quantitative estimate of drug-likeness (QED) is 0.671. The molecule has 5 nitrogen and oxygen atoms in total. The van der Waals surface area contributed by atoms with Crippen molar-refractivity contribution in [3.63, 3.8) is 0 Å². The summed E-state index contributed by atoms with van der Waals surface area (Å²) >= 11 is 0. The third-order valence-corrected chi connectivity index (χ3v) is 3.27. The molecule has 0 radical (unpaired) electrons. The van der Waals surface area contributed by atoms with Crippen molar-refractivity contribution in [1.82, 2.24) is 0 Å². The van der Waals surface area contributed by atoms with E-state index in [-0.39, 0.29) is 11.3 Å². The van der Waals surface area contributed by atoms with Crippen LogP contribution in [0.3, 0.4) is 0 Å². The first-order chi connectivity index (χ1) is 11.0. The minimum absolute atomic E-state index is 0.0575. The van der Waals surface area contributed by atoms with Crippen LogP contribution < -0.4 is 10.1 Å². The highest BCUT2D eigenvalue weighted by Crippen LogP contribution is 2.27. The minimum Gasteiger partial charge on any atom is -0.504 e. The number of para-hydroxylation sites is 1. The van der Waals surface area contributed by atoms with Crippen molar-refractivity contribution in [3.05, 3.63) is 59.2 Å². The first kappa shape index (κ1) is 16.1. The van der Waals surface area contributed by atoms with Crippen LogP contribution in [0.2, 0.25) is 0 Å². The summed E-state index contributed by atoms with van der Waals surface area (Å²) in [5, 5.41) is 21.7. The van der Waals surface area contributed by atoms with Gasteiger partial charge < -0.3 is 15.2 Å². The predicted molar refractivity (Wildman–Crippen MR) is 88.1 cm³/mol. The summed E-state index contributed by atoms with van der Waals surface area (Å²) < 4.78 is 4.96. The Balaban J connectivity index is 2.25. The summed E-state index contributed by atoms with van der Waals surface area (Å²) in [6, 6.07) is 13.8. The lowest BCUT2D eigenvalue weighted by molar-refractivity contribution is -0.112. The molecule has 1 amide bonds. The molecule has 2 aromatic rings. The Labute approximate surface area is 134 Å². The molecule has 0 saturated carbocycles. The molecule has 116 valence electrons. The molecule has 2 rings (SSSR count). The van der Waals surface area contributed by atoms with E-state index in [0.717, 1.165) is 5.56 Å². The van der Waals surface area contributed by atoms with E-state index < -0.39 is 5.91 Å². The van der Waals surface area contributed by atoms with Crippen LogP contribution in [-0.2, 0) is 4.79 Å². The molecule has 2 N–H and O–H groups in total. The lowest BCUT2D eigenvalue weighted by Crippen LogP contribution is -2.14. The lowest BCUT2D eigenvalue weighted by atomic mass is 10.1. The zero-order valence-electron chi connectivity index (χ0n) is 12.8. The van der Waals surface area contributed by atoms with E-state index in [1.165, 1.54) is 19.3 Å². The SMILES string of the molecule is COc1ccc(/C=C(\C#N)C(=O)Nc2ccccc2C)cc1O. The van der Waals surface area contributed by atoms with E-state index in [4.69, 9.17) is 4.74 Å². The van der Waals surface area contributed by atoms with E-state index in [0.29, 0.717) is 17.0 Å². The molecule has 0 unspecified atom stereocenters. The van der Waals surface area contributed by atoms with Crippen molar-refractivity contribution < 1.29 is 14.6 Å². The molecule has 0 bridgehead atoms. The van der Waals surface area contributed by atoms with Crippen LogP contribution in [0.4, 0.5) is 5.69 Å². The van der Waals surface area contributed by atoms with Crippen molar-refractivity contribution in [1.29, 1.82) is 5.26 Å². The summed E-state index contributed by atoms with van der Waals surface area (Å²) in [7, 11) is 1.45. The van der Waals surface area contributed by atoms with Crippen LogP contribution in [0.15, 0.2) is 48.0 Å². The van der Waals surface area contributed by atoms with E-state index in [1.54, 1.807) is 24.3 Å². The highest BCUT2D eigenvalue weighted by molar-refractivity contribution is 6.10. The highest BCUT2D eigenvalue weighted by atomic mass is 16.5. The van der Waals surface area contributed by atoms with Crippen LogP contribution >= 0.6 is 0 Å². The molecular formula is C18H16N2O3. The normalized spacial score (nSPS) is 10.7. The number of aromatic hydroxyl groups is 1. The summed E-state index contributed by atoms with van der Waals surface area (Å²) in [4.78, 5) is 12.2. The maximum absolute atomic E-state index is 12.2. The number of carbonyl (C=O) groups is 1. The molecule has 0 saturated heterocycles. The van der Waals surface area contributed by atoms with Gasteiger partial charge in [0.25, 0.3) is 5.91 Å². The number of nitrogens with zero attached hydrogens (tertiary/aromatic N) is 1. The molecule has 5 heteroatoms. The summed E-state index contributed by atoms with van der Waals surface area (Å²) in [5.74, 6) is -0.236. The van der Waals surface area contributed by atoms with Gasteiger partial charge in [-0.05, 0) is 42.3 Å². The van der Waals surface area contributed by atoms with E-state index in [2.05, 4.69) is 5.32 Å². The van der Waals surface area contributed by atoms with Crippen LogP contribution in [0.1, 0.15) is 11.1 Å². The number of methoxy groups -OCH3 is 1. The molecular weight excluding hydrogens is 292 g/mol. The smallest absolute Gasteiger partial charge is 0.266 e. The van der Waals surface area contributed by atoms with Gasteiger partial charge in [-0.1, -0.05) is 24.3 Å². The number of phenols is 1. The van der Waals surface area contributed by atoms with Crippen molar-refractivity contribution in [3.8, 4) is 17.6 Å². The maximum Gasteiger partial charge on any atom is 0.266 e. The molecule has 0 aliphatic rings. The standard InChI is InChI=1S/C18H16N2O3/c1-12-5-3-4-6-15(12)20-18(22)14(11-19)9-13-7-8-17(23-2)16(21)10-13/h3-10,21H,1-2H3,(H,20,22)/b14-9+. The number of ether oxygens (including phenoxy) is 1. The van der Waals surface area contributed by atoms with Gasteiger partial charge in [0, 0.05) is 5.69 Å². The van der Waals surface area contributed by atoms with Crippen molar-refractivity contribution in [2.75, 3.05) is 12.4 Å². The fourth-order valence-corrected chi connectivity index (χ4v) is 2.01. The van der Waals surface area contributed by atoms with Gasteiger partial charge in [-0.3, -0.25) is 4.79 Å². The van der Waals surface area contributed by atoms with Crippen LogP contribution in [-0.4, -0.2) is 18.1 Å². The van der Waals surface area contributed by atoms with E-state index in [9.17, 15) is 15.2 Å². The van der Waals surface area contributed by atoms with Gasteiger partial charge in [0.05, 0.1) is 7.11 Å². The predicted octanol–water partition coefficient (Wildman–Crippen LogP) is 3.25. The fraction of sp³-hybridized carbons (Fsp3) is 0.111. The van der Waals surface area contributed by atoms with Crippen LogP contribution in [0.5, 0.6) is 11.5 Å². The molecule has 0 atom stereocenters. The van der Waals surface area contributed by atoms with Crippen LogP contribution in [0.25, 0.3) is 6.08 Å². The van der Waals surface area contributed by atoms with Gasteiger partial charge in [-0.2, -0.15) is 5.26 Å². The minimum atomic E-state index is -0.503. The van der Waals surface area contributed by atoms with Crippen molar-refractivity contribution in [2.45, 2.75) is 6.92 Å². The summed E-state index contributed by atoms with van der Waals surface area (Å²) in [5.41, 5.74) is 2.02. The second-order valence-electron chi connectivity index (χ2n) is 4.87. The number of amides is 1. The summed E-state index contributed by atoms with van der Waals surface area (Å²) in [6.45, 7) is 1.87. The molecule has 0 aliphatic heterocycles. The fourth-order valence-electron chi connectivity index (χ4n) is 2.01. The second-order valence-corrected chi connectivity index (χ2v) is 4.87. The molecule has 0 fully saturated rings. The Kier molecular flexibility index (Phi) is 5.00. The molecule has 0 heterocycles. The Hall–Kier alpha value is -3.26. The van der Waals surface area contributed by atoms with Gasteiger partial charge in [-0.15, -0.1) is 0 Å². The van der Waals surface area contributed by atoms with Gasteiger partial charge in [0.1, 0.15) is 11.6 Å². The van der Waals surface area contributed by atoms with Crippen molar-refractivity contribution in [2.24, 2.45) is 0 Å². The number of hydrogen-bond donors (Lipinski definition) is 2. The third kappa shape index (κ3) is 3.89. The second kappa shape index (κ2) is 7.14. The molecule has 2 aromatic carbocycles. The Morgan fingerprint density at radius 2 is 2.04 bits per heavy atom. The van der Waals surface area contributed by atoms with Crippen LogP contribution in [0, 0.1) is 18.3 Å². The largest absolute Gasteiger partial charge is 0.504 e. The lowest BCUT2D eigenvalue weighted by Gasteiger charge is -2.07. The Morgan fingerprint density at radius 1 is 1.30 bits per heavy atom. The number of nitriles is 1. The molecule has 0 aromatic heterocycles. The number of benzene rings is 2. The van der Waals surface area contributed by atoms with E-state index in [1.807, 2.05) is 25.1 Å². The average Bonchev–Trinajstić information content (AvgIpc) is 2.54. The van der Waals surface area contributed by atoms with Gasteiger partial charge in [0.15, 0.2) is 11.5 Å². The topological polar surface area (TPSA) is 82.3 Å². The van der Waals surface area contributed by atoms with Gasteiger partial charge in [-0.25, -0.2) is 0 Å². The highest BCUT2D eigenvalue weighted by Gasteiger charge is 2.11. The van der Waals surface area contributed by atoms with Gasteiger partial charge in [0.2, 0.25) is 0 Å². The third-order valence-electron chi connectivity index (χ3n) is 3.27. The first-order valence-corrected chi connectivity index (χ1v) is 6.91. The maximum atomic E-state index is 12.2. The number of phenolic OH excluding ortho intramolecular Hbond substituents is 1. The zero-order valence-corrected chi connectivity index (χ0v) is 12.8. The Morgan fingerprint density at radius 3 is 2.65 bits per heavy atom. The zero-order chi connectivity index (χ0) is 16.8. The van der Waals surface area contributed by atoms with E-state index >= 15 is 0 Å². The number of carbonyl (C=O) groups excluding carboxylic acids is 1. The number of hydrogen-bond acceptors (Lipinski definition) is 4. The number of rotatable bonds is 4. The van der Waals surface area contributed by atoms with Crippen molar-refractivity contribution >= 4 is 17.7 Å². The van der Waals surface area contributed by atoms with Gasteiger partial charge >= 0.3 is 0 Å².